The molecule has 2 aliphatic rings. The molecule has 3 amide bonds. The maximum absolute atomic E-state index is 13.8. The number of furan rings is 1. The number of aliphatic imine (C=N–C) groups is 1. The summed E-state index contributed by atoms with van der Waals surface area (Å²) in [5.74, 6) is -1.64. The van der Waals surface area contributed by atoms with E-state index in [4.69, 9.17) is 9.15 Å². The van der Waals surface area contributed by atoms with E-state index in [1.54, 1.807) is 36.4 Å². The molecule has 3 aromatic carbocycles. The molecule has 2 saturated heterocycles. The molecule has 4 aromatic rings. The quantitative estimate of drug-likeness (QED) is 0.230. The number of amides is 3. The first-order chi connectivity index (χ1) is 21.8. The van der Waals surface area contributed by atoms with Crippen molar-refractivity contribution in [1.82, 2.24) is 9.80 Å². The lowest BCUT2D eigenvalue weighted by molar-refractivity contribution is -0.126. The predicted molar refractivity (Wildman–Crippen MR) is 164 cm³/mol. The Hall–Kier alpha value is -4.97. The molecule has 2 atom stereocenters. The average Bonchev–Trinajstić information content (AvgIpc) is 3.79. The average molecular weight is 631 g/mol. The molecule has 0 spiro atoms. The molecular weight excluding hydrogens is 602 g/mol. The zero-order valence-electron chi connectivity index (χ0n) is 23.9. The Balaban J connectivity index is 1.13. The number of carbonyl (C=O) groups excluding carboxylic acids is 3. The fourth-order valence-electron chi connectivity index (χ4n) is 5.20. The van der Waals surface area contributed by atoms with Crippen molar-refractivity contribution in [2.45, 2.75) is 37.3 Å². The van der Waals surface area contributed by atoms with Crippen LogP contribution in [0.4, 0.5) is 25.0 Å². The minimum Gasteiger partial charge on any atom is -0.467 e. The van der Waals surface area contributed by atoms with Crippen LogP contribution in [0, 0.1) is 11.6 Å². The van der Waals surface area contributed by atoms with Crippen LogP contribution in [0.15, 0.2) is 101 Å². The maximum Gasteiger partial charge on any atom is 0.410 e. The summed E-state index contributed by atoms with van der Waals surface area (Å²) in [6.07, 6.45) is 2.14. The fraction of sp³-hybridized carbons (Fsp3) is 0.212. The van der Waals surface area contributed by atoms with Crippen LogP contribution in [0.2, 0.25) is 0 Å². The lowest BCUT2D eigenvalue weighted by atomic mass is 10.1. The molecule has 2 fully saturated rings. The Kier molecular flexibility index (Phi) is 8.92. The number of halogens is 2. The van der Waals surface area contributed by atoms with Crippen molar-refractivity contribution in [3.8, 4) is 0 Å². The SMILES string of the molecule is O=C(Nc1ccc(C2SC(=Nc3cc(F)cc(F)c3)N(Cc3ccco3)C2=O)cc1)[C@H]1CCCN1C(=O)OCc1ccccc1. The number of hydrogen-bond acceptors (Lipinski definition) is 7. The third kappa shape index (κ3) is 7.07. The zero-order valence-corrected chi connectivity index (χ0v) is 24.7. The van der Waals surface area contributed by atoms with Crippen molar-refractivity contribution in [3.05, 3.63) is 120 Å². The standard InChI is InChI=1S/C33H28F2N4O5S/c34-23-16-24(35)18-26(17-23)37-32-39(19-27-8-5-15-43-27)31(41)29(45-32)22-10-12-25(13-11-22)36-30(40)28-9-4-14-38(28)33(42)44-20-21-6-2-1-3-7-21/h1-3,5-8,10-13,15-18,28-29H,4,9,14,19-20H2,(H,36,40)/t28-,29?/m1/s1. The van der Waals surface area contributed by atoms with Crippen LogP contribution in [0.25, 0.3) is 0 Å². The summed E-state index contributed by atoms with van der Waals surface area (Å²) in [6, 6.07) is 21.8. The Bertz CT molecular complexity index is 1700. The van der Waals surface area contributed by atoms with E-state index in [0.29, 0.717) is 36.4 Å². The second-order valence-corrected chi connectivity index (χ2v) is 11.6. The van der Waals surface area contributed by atoms with Gasteiger partial charge in [0.05, 0.1) is 18.5 Å². The third-order valence-electron chi connectivity index (χ3n) is 7.39. The van der Waals surface area contributed by atoms with Gasteiger partial charge >= 0.3 is 6.09 Å². The number of amidine groups is 1. The minimum atomic E-state index is -0.778. The van der Waals surface area contributed by atoms with Crippen LogP contribution in [0.1, 0.15) is 35.0 Å². The number of rotatable bonds is 8. The molecule has 0 bridgehead atoms. The second-order valence-electron chi connectivity index (χ2n) is 10.5. The van der Waals surface area contributed by atoms with Gasteiger partial charge in [0.25, 0.3) is 0 Å². The van der Waals surface area contributed by atoms with Gasteiger partial charge in [0.2, 0.25) is 11.8 Å². The number of ether oxygens (including phenoxy) is 1. The largest absolute Gasteiger partial charge is 0.467 e. The van der Waals surface area contributed by atoms with E-state index in [2.05, 4.69) is 10.3 Å². The van der Waals surface area contributed by atoms with Gasteiger partial charge in [-0.15, -0.1) is 0 Å². The normalized spacial score (nSPS) is 18.9. The van der Waals surface area contributed by atoms with E-state index in [0.717, 1.165) is 35.5 Å². The van der Waals surface area contributed by atoms with E-state index in [9.17, 15) is 23.2 Å². The molecule has 45 heavy (non-hydrogen) atoms. The van der Waals surface area contributed by atoms with Gasteiger partial charge in [-0.2, -0.15) is 0 Å². The van der Waals surface area contributed by atoms with Gasteiger partial charge in [-0.3, -0.25) is 19.4 Å². The van der Waals surface area contributed by atoms with Gasteiger partial charge in [0.1, 0.15) is 35.3 Å². The van der Waals surface area contributed by atoms with E-state index < -0.39 is 29.0 Å². The van der Waals surface area contributed by atoms with Gasteiger partial charge < -0.3 is 14.5 Å². The van der Waals surface area contributed by atoms with Crippen molar-refractivity contribution >= 4 is 46.2 Å². The molecule has 6 rings (SSSR count). The van der Waals surface area contributed by atoms with Crippen LogP contribution < -0.4 is 5.32 Å². The number of benzene rings is 3. The van der Waals surface area contributed by atoms with Gasteiger partial charge in [0, 0.05) is 18.3 Å². The molecule has 1 unspecified atom stereocenters. The number of thioether (sulfide) groups is 1. The molecule has 230 valence electrons. The number of likely N-dealkylation sites (tertiary alicyclic amines) is 1. The molecule has 12 heteroatoms. The van der Waals surface area contributed by atoms with E-state index in [1.165, 1.54) is 16.1 Å². The van der Waals surface area contributed by atoms with Crippen molar-refractivity contribution in [3.63, 3.8) is 0 Å². The predicted octanol–water partition coefficient (Wildman–Crippen LogP) is 6.80. The summed E-state index contributed by atoms with van der Waals surface area (Å²) in [4.78, 5) is 46.7. The summed E-state index contributed by atoms with van der Waals surface area (Å²) < 4.78 is 38.5. The highest BCUT2D eigenvalue weighted by Crippen LogP contribution is 2.41. The van der Waals surface area contributed by atoms with Gasteiger partial charge in [0.15, 0.2) is 5.17 Å². The Morgan fingerprint density at radius 1 is 1.00 bits per heavy atom. The van der Waals surface area contributed by atoms with Crippen molar-refractivity contribution in [2.24, 2.45) is 4.99 Å². The lowest BCUT2D eigenvalue weighted by Crippen LogP contribution is -2.43. The van der Waals surface area contributed by atoms with Gasteiger partial charge in [-0.05, 0) is 60.4 Å². The van der Waals surface area contributed by atoms with Crippen molar-refractivity contribution in [2.75, 3.05) is 11.9 Å². The van der Waals surface area contributed by atoms with Crippen LogP contribution in [-0.4, -0.2) is 45.5 Å². The first-order valence-electron chi connectivity index (χ1n) is 14.3. The van der Waals surface area contributed by atoms with Crippen LogP contribution in [0.5, 0.6) is 0 Å². The fourth-order valence-corrected chi connectivity index (χ4v) is 6.37. The highest BCUT2D eigenvalue weighted by Gasteiger charge is 2.40. The molecule has 0 aliphatic carbocycles. The maximum atomic E-state index is 13.8. The molecule has 1 aromatic heterocycles. The van der Waals surface area contributed by atoms with Gasteiger partial charge in [-0.25, -0.2) is 18.6 Å². The summed E-state index contributed by atoms with van der Waals surface area (Å²) >= 11 is 1.15. The minimum absolute atomic E-state index is 0.0378. The summed E-state index contributed by atoms with van der Waals surface area (Å²) in [7, 11) is 0. The van der Waals surface area contributed by atoms with E-state index in [1.807, 2.05) is 30.3 Å². The highest BCUT2D eigenvalue weighted by atomic mass is 32.2. The number of nitrogens with zero attached hydrogens (tertiary/aromatic N) is 3. The Labute approximate surface area is 261 Å². The zero-order chi connectivity index (χ0) is 31.3. The van der Waals surface area contributed by atoms with Crippen LogP contribution in [-0.2, 0) is 27.5 Å². The van der Waals surface area contributed by atoms with Crippen molar-refractivity contribution in [1.29, 1.82) is 0 Å². The molecule has 3 heterocycles. The molecule has 2 aliphatic heterocycles. The smallest absolute Gasteiger partial charge is 0.410 e. The summed E-state index contributed by atoms with van der Waals surface area (Å²) in [6.45, 7) is 0.631. The van der Waals surface area contributed by atoms with E-state index >= 15 is 0 Å². The number of carbonyl (C=O) groups is 3. The monoisotopic (exact) mass is 630 g/mol. The lowest BCUT2D eigenvalue weighted by Gasteiger charge is -2.23. The first-order valence-corrected chi connectivity index (χ1v) is 15.2. The highest BCUT2D eigenvalue weighted by molar-refractivity contribution is 8.15. The third-order valence-corrected chi connectivity index (χ3v) is 8.62. The van der Waals surface area contributed by atoms with Crippen LogP contribution in [0.3, 0.4) is 0 Å². The summed E-state index contributed by atoms with van der Waals surface area (Å²) in [5.41, 5.74) is 2.04. The Morgan fingerprint density at radius 2 is 1.76 bits per heavy atom. The van der Waals surface area contributed by atoms with E-state index in [-0.39, 0.29) is 35.8 Å². The van der Waals surface area contributed by atoms with Crippen molar-refractivity contribution < 1.29 is 32.3 Å². The second kappa shape index (κ2) is 13.3. The number of nitrogens with one attached hydrogen (secondary N) is 1. The molecule has 0 saturated carbocycles. The number of anilines is 1. The number of hydrogen-bond donors (Lipinski definition) is 1. The molecule has 0 radical (unpaired) electrons. The molecular formula is C33H28F2N4O5S. The molecule has 9 nitrogen and oxygen atoms in total. The molecule has 1 N–H and O–H groups in total. The Morgan fingerprint density at radius 3 is 2.47 bits per heavy atom. The topological polar surface area (TPSA) is 104 Å². The van der Waals surface area contributed by atoms with Crippen LogP contribution >= 0.6 is 11.8 Å². The first kappa shape index (κ1) is 30.1. The van der Waals surface area contributed by atoms with Gasteiger partial charge in [-0.1, -0.05) is 54.2 Å². The summed E-state index contributed by atoms with van der Waals surface area (Å²) in [5, 5.41) is 2.44.